The highest BCUT2D eigenvalue weighted by Gasteiger charge is 2.13. The zero-order valence-electron chi connectivity index (χ0n) is 14.6. The van der Waals surface area contributed by atoms with Gasteiger partial charge in [-0.2, -0.15) is 0 Å². The van der Waals surface area contributed by atoms with E-state index in [1.165, 1.54) is 19.2 Å². The number of amides is 1. The van der Waals surface area contributed by atoms with Crippen LogP contribution in [0.3, 0.4) is 0 Å². The Morgan fingerprint density at radius 2 is 1.72 bits per heavy atom. The van der Waals surface area contributed by atoms with Crippen LogP contribution in [0.4, 0.5) is 10.1 Å². The molecule has 0 fully saturated rings. The van der Waals surface area contributed by atoms with E-state index in [2.05, 4.69) is 10.1 Å². The predicted molar refractivity (Wildman–Crippen MR) is 92.5 cm³/mol. The van der Waals surface area contributed by atoms with E-state index in [1.54, 1.807) is 0 Å². The molecule has 0 aromatic heterocycles. The molecule has 132 valence electrons. The minimum Gasteiger partial charge on any atom is -0.483 e. The number of hydrogen-bond donors (Lipinski definition) is 1. The molecule has 1 amide bonds. The average molecular weight is 345 g/mol. The number of rotatable bonds is 5. The fourth-order valence-electron chi connectivity index (χ4n) is 2.58. The van der Waals surface area contributed by atoms with E-state index >= 15 is 0 Å². The van der Waals surface area contributed by atoms with Crippen molar-refractivity contribution in [2.45, 2.75) is 20.8 Å². The van der Waals surface area contributed by atoms with E-state index < -0.39 is 17.7 Å². The van der Waals surface area contributed by atoms with Crippen molar-refractivity contribution in [3.05, 3.63) is 58.4 Å². The molecule has 0 aliphatic carbocycles. The lowest BCUT2D eigenvalue weighted by molar-refractivity contribution is -0.118. The van der Waals surface area contributed by atoms with Crippen LogP contribution >= 0.6 is 0 Å². The molecule has 0 spiro atoms. The third-order valence-electron chi connectivity index (χ3n) is 3.61. The maximum absolute atomic E-state index is 13.8. The third kappa shape index (κ3) is 4.56. The largest absolute Gasteiger partial charge is 0.483 e. The summed E-state index contributed by atoms with van der Waals surface area (Å²) in [7, 11) is 1.23. The van der Waals surface area contributed by atoms with Crippen LogP contribution in [-0.2, 0) is 9.53 Å². The highest BCUT2D eigenvalue weighted by Crippen LogP contribution is 2.24. The van der Waals surface area contributed by atoms with Gasteiger partial charge in [-0.1, -0.05) is 17.7 Å². The number of esters is 1. The Bertz CT molecular complexity index is 794. The Kier molecular flexibility index (Phi) is 5.75. The Hall–Kier alpha value is -2.89. The van der Waals surface area contributed by atoms with Crippen LogP contribution in [0, 0.1) is 26.6 Å². The number of carbonyl (C=O) groups excluding carboxylic acids is 2. The number of ether oxygens (including phenoxy) is 2. The molecule has 0 bridgehead atoms. The molecule has 2 aromatic carbocycles. The molecule has 0 aliphatic heterocycles. The van der Waals surface area contributed by atoms with Crippen LogP contribution < -0.4 is 10.1 Å². The second kappa shape index (κ2) is 7.79. The van der Waals surface area contributed by atoms with Gasteiger partial charge in [0.1, 0.15) is 11.6 Å². The molecular formula is C19H20FNO4. The van der Waals surface area contributed by atoms with Gasteiger partial charge in [-0.3, -0.25) is 4.79 Å². The number of hydrogen-bond acceptors (Lipinski definition) is 4. The van der Waals surface area contributed by atoms with Gasteiger partial charge in [0.05, 0.1) is 18.4 Å². The van der Waals surface area contributed by atoms with Crippen LogP contribution in [0.5, 0.6) is 5.75 Å². The first-order chi connectivity index (χ1) is 11.8. The quantitative estimate of drug-likeness (QED) is 0.842. The number of methoxy groups -OCH3 is 1. The van der Waals surface area contributed by atoms with Gasteiger partial charge in [-0.25, -0.2) is 9.18 Å². The van der Waals surface area contributed by atoms with Crippen LogP contribution in [0.2, 0.25) is 0 Å². The summed E-state index contributed by atoms with van der Waals surface area (Å²) in [6.45, 7) is 5.50. The monoisotopic (exact) mass is 345 g/mol. The van der Waals surface area contributed by atoms with Gasteiger partial charge in [0.2, 0.25) is 0 Å². The van der Waals surface area contributed by atoms with Crippen LogP contribution in [0.1, 0.15) is 27.0 Å². The molecule has 0 saturated carbocycles. The van der Waals surface area contributed by atoms with E-state index in [0.29, 0.717) is 5.75 Å². The first kappa shape index (κ1) is 18.4. The predicted octanol–water partition coefficient (Wildman–Crippen LogP) is 3.56. The second-order valence-corrected chi connectivity index (χ2v) is 5.75. The normalized spacial score (nSPS) is 10.3. The number of nitrogens with one attached hydrogen (secondary N) is 1. The third-order valence-corrected chi connectivity index (χ3v) is 3.61. The minimum absolute atomic E-state index is 0.103. The van der Waals surface area contributed by atoms with Gasteiger partial charge < -0.3 is 14.8 Å². The van der Waals surface area contributed by atoms with Crippen molar-refractivity contribution < 1.29 is 23.5 Å². The number of halogens is 1. The number of aryl methyl sites for hydroxylation is 3. The van der Waals surface area contributed by atoms with Crippen molar-refractivity contribution in [3.63, 3.8) is 0 Å². The van der Waals surface area contributed by atoms with Crippen molar-refractivity contribution in [2.24, 2.45) is 0 Å². The Balaban J connectivity index is 2.07. The maximum Gasteiger partial charge on any atom is 0.337 e. The Morgan fingerprint density at radius 3 is 2.32 bits per heavy atom. The molecule has 0 heterocycles. The van der Waals surface area contributed by atoms with Crippen molar-refractivity contribution in [3.8, 4) is 5.75 Å². The first-order valence-electron chi connectivity index (χ1n) is 7.70. The van der Waals surface area contributed by atoms with Gasteiger partial charge >= 0.3 is 5.97 Å². The average Bonchev–Trinajstić information content (AvgIpc) is 2.55. The topological polar surface area (TPSA) is 64.6 Å². The molecule has 0 atom stereocenters. The summed E-state index contributed by atoms with van der Waals surface area (Å²) in [6.07, 6.45) is 0. The number of carbonyl (C=O) groups is 2. The smallest absolute Gasteiger partial charge is 0.337 e. The lowest BCUT2D eigenvalue weighted by Crippen LogP contribution is -2.21. The molecule has 0 radical (unpaired) electrons. The summed E-state index contributed by atoms with van der Waals surface area (Å²) in [5, 5.41) is 2.40. The maximum atomic E-state index is 13.8. The molecule has 1 N–H and O–H groups in total. The summed E-state index contributed by atoms with van der Waals surface area (Å²) >= 11 is 0. The van der Waals surface area contributed by atoms with E-state index in [0.717, 1.165) is 22.8 Å². The molecule has 0 unspecified atom stereocenters. The fourth-order valence-corrected chi connectivity index (χ4v) is 2.58. The molecule has 0 aliphatic rings. The molecule has 0 saturated heterocycles. The van der Waals surface area contributed by atoms with E-state index in [1.807, 2.05) is 32.9 Å². The highest BCUT2D eigenvalue weighted by molar-refractivity contribution is 5.95. The standard InChI is InChI=1S/C19H20FNO4/c1-11-7-12(2)18(13(3)8-11)25-10-17(22)21-16-9-14(19(23)24-4)5-6-15(16)20/h5-9H,10H2,1-4H3,(H,21,22). The molecular weight excluding hydrogens is 325 g/mol. The van der Waals surface area contributed by atoms with Crippen LogP contribution in [-0.4, -0.2) is 25.6 Å². The van der Waals surface area contributed by atoms with E-state index in [9.17, 15) is 14.0 Å². The van der Waals surface area contributed by atoms with Crippen LogP contribution in [0.15, 0.2) is 30.3 Å². The summed E-state index contributed by atoms with van der Waals surface area (Å²) < 4.78 is 24.0. The van der Waals surface area contributed by atoms with Crippen LogP contribution in [0.25, 0.3) is 0 Å². The molecule has 5 nitrogen and oxygen atoms in total. The first-order valence-corrected chi connectivity index (χ1v) is 7.70. The van der Waals surface area contributed by atoms with Gasteiger partial charge in [0.15, 0.2) is 6.61 Å². The summed E-state index contributed by atoms with van der Waals surface area (Å²) in [6, 6.07) is 7.52. The molecule has 2 rings (SSSR count). The van der Waals surface area contributed by atoms with Gasteiger partial charge in [0, 0.05) is 0 Å². The number of anilines is 1. The molecule has 2 aromatic rings. The summed E-state index contributed by atoms with van der Waals surface area (Å²) in [5.74, 6) is -1.16. The zero-order chi connectivity index (χ0) is 18.6. The minimum atomic E-state index is -0.649. The van der Waals surface area contributed by atoms with E-state index in [-0.39, 0.29) is 17.9 Å². The van der Waals surface area contributed by atoms with Gasteiger partial charge in [0.25, 0.3) is 5.91 Å². The highest BCUT2D eigenvalue weighted by atomic mass is 19.1. The summed E-state index contributed by atoms with van der Waals surface area (Å²) in [5.41, 5.74) is 2.99. The molecule has 6 heteroatoms. The van der Waals surface area contributed by atoms with Crippen molar-refractivity contribution >= 4 is 17.6 Å². The van der Waals surface area contributed by atoms with E-state index in [4.69, 9.17) is 4.74 Å². The SMILES string of the molecule is COC(=O)c1ccc(F)c(NC(=O)COc2c(C)cc(C)cc2C)c1. The number of benzene rings is 2. The second-order valence-electron chi connectivity index (χ2n) is 5.75. The Morgan fingerprint density at radius 1 is 1.08 bits per heavy atom. The fraction of sp³-hybridized carbons (Fsp3) is 0.263. The Labute approximate surface area is 145 Å². The van der Waals surface area contributed by atoms with Gasteiger partial charge in [-0.15, -0.1) is 0 Å². The lowest BCUT2D eigenvalue weighted by Gasteiger charge is -2.13. The lowest BCUT2D eigenvalue weighted by atomic mass is 10.1. The van der Waals surface area contributed by atoms with Crippen molar-refractivity contribution in [2.75, 3.05) is 19.0 Å². The van der Waals surface area contributed by atoms with Crippen molar-refractivity contribution in [1.82, 2.24) is 0 Å². The summed E-state index contributed by atoms with van der Waals surface area (Å²) in [4.78, 5) is 23.6. The zero-order valence-corrected chi connectivity index (χ0v) is 14.6. The van der Waals surface area contributed by atoms with Gasteiger partial charge in [-0.05, 0) is 50.1 Å². The van der Waals surface area contributed by atoms with Crippen molar-refractivity contribution in [1.29, 1.82) is 0 Å². The molecule has 25 heavy (non-hydrogen) atoms.